The maximum Gasteiger partial charge on any atom is 0.254 e. The van der Waals surface area contributed by atoms with Gasteiger partial charge >= 0.3 is 0 Å². The SMILES string of the molecule is O=C(c1cc(Cl)cc(Cl)c1)N1CCCCC1C1OCCO1. The number of likely N-dealkylation sites (tertiary alicyclic amines) is 1. The first-order valence-electron chi connectivity index (χ1n) is 7.15. The molecule has 2 aliphatic heterocycles. The van der Waals surface area contributed by atoms with Crippen LogP contribution in [0.4, 0.5) is 0 Å². The van der Waals surface area contributed by atoms with Crippen LogP contribution in [0.15, 0.2) is 18.2 Å². The van der Waals surface area contributed by atoms with E-state index in [-0.39, 0.29) is 18.2 Å². The monoisotopic (exact) mass is 329 g/mol. The molecule has 2 fully saturated rings. The Morgan fingerprint density at radius 1 is 1.10 bits per heavy atom. The normalized spacial score (nSPS) is 23.5. The van der Waals surface area contributed by atoms with Gasteiger partial charge < -0.3 is 14.4 Å². The highest BCUT2D eigenvalue weighted by atomic mass is 35.5. The van der Waals surface area contributed by atoms with Crippen molar-refractivity contribution in [2.45, 2.75) is 31.6 Å². The number of hydrogen-bond donors (Lipinski definition) is 0. The van der Waals surface area contributed by atoms with E-state index in [0.717, 1.165) is 19.3 Å². The molecule has 1 amide bonds. The van der Waals surface area contributed by atoms with Gasteiger partial charge in [-0.25, -0.2) is 0 Å². The first kappa shape index (κ1) is 15.1. The lowest BCUT2D eigenvalue weighted by Crippen LogP contribution is -2.50. The Bertz CT molecular complexity index is 511. The lowest BCUT2D eigenvalue weighted by atomic mass is 10.00. The van der Waals surface area contributed by atoms with Gasteiger partial charge in [-0.2, -0.15) is 0 Å². The third kappa shape index (κ3) is 3.34. The number of ether oxygens (including phenoxy) is 2. The van der Waals surface area contributed by atoms with Gasteiger partial charge in [0.05, 0.1) is 19.3 Å². The van der Waals surface area contributed by atoms with E-state index < -0.39 is 0 Å². The number of hydrogen-bond acceptors (Lipinski definition) is 3. The van der Waals surface area contributed by atoms with E-state index in [9.17, 15) is 4.79 Å². The van der Waals surface area contributed by atoms with E-state index in [4.69, 9.17) is 32.7 Å². The van der Waals surface area contributed by atoms with Crippen molar-refractivity contribution < 1.29 is 14.3 Å². The molecule has 4 nitrogen and oxygen atoms in total. The molecule has 2 aliphatic rings. The molecular weight excluding hydrogens is 313 g/mol. The molecule has 2 saturated heterocycles. The van der Waals surface area contributed by atoms with Crippen LogP contribution in [-0.2, 0) is 9.47 Å². The number of amides is 1. The van der Waals surface area contributed by atoms with Crippen LogP contribution in [0.1, 0.15) is 29.6 Å². The topological polar surface area (TPSA) is 38.8 Å². The second-order valence-corrected chi connectivity index (χ2v) is 6.20. The molecule has 1 unspecified atom stereocenters. The Balaban J connectivity index is 1.83. The molecule has 0 aromatic heterocycles. The van der Waals surface area contributed by atoms with Crippen molar-refractivity contribution in [3.63, 3.8) is 0 Å². The lowest BCUT2D eigenvalue weighted by molar-refractivity contribution is -0.100. The largest absolute Gasteiger partial charge is 0.348 e. The number of carbonyl (C=O) groups excluding carboxylic acids is 1. The van der Waals surface area contributed by atoms with Crippen molar-refractivity contribution in [3.05, 3.63) is 33.8 Å². The van der Waals surface area contributed by atoms with Gasteiger partial charge in [0.15, 0.2) is 6.29 Å². The summed E-state index contributed by atoms with van der Waals surface area (Å²) in [6, 6.07) is 4.89. The van der Waals surface area contributed by atoms with Crippen molar-refractivity contribution in [2.24, 2.45) is 0 Å². The Kier molecular flexibility index (Phi) is 4.69. The molecule has 114 valence electrons. The highest BCUT2D eigenvalue weighted by Gasteiger charge is 2.36. The Morgan fingerprint density at radius 3 is 2.43 bits per heavy atom. The van der Waals surface area contributed by atoms with Crippen LogP contribution in [-0.4, -0.2) is 42.9 Å². The van der Waals surface area contributed by atoms with Gasteiger partial charge in [-0.05, 0) is 37.5 Å². The summed E-state index contributed by atoms with van der Waals surface area (Å²) in [6.45, 7) is 1.88. The average molecular weight is 330 g/mol. The van der Waals surface area contributed by atoms with Crippen molar-refractivity contribution in [2.75, 3.05) is 19.8 Å². The van der Waals surface area contributed by atoms with Gasteiger partial charge in [0, 0.05) is 22.2 Å². The zero-order valence-corrected chi connectivity index (χ0v) is 13.1. The summed E-state index contributed by atoms with van der Waals surface area (Å²) in [4.78, 5) is 14.6. The maximum absolute atomic E-state index is 12.8. The van der Waals surface area contributed by atoms with E-state index in [1.807, 2.05) is 4.90 Å². The van der Waals surface area contributed by atoms with Crippen LogP contribution in [0, 0.1) is 0 Å². The molecule has 6 heteroatoms. The van der Waals surface area contributed by atoms with Crippen molar-refractivity contribution in [3.8, 4) is 0 Å². The molecular formula is C15H17Cl2NO3. The molecule has 21 heavy (non-hydrogen) atoms. The van der Waals surface area contributed by atoms with E-state index >= 15 is 0 Å². The van der Waals surface area contributed by atoms with E-state index in [1.54, 1.807) is 18.2 Å². The van der Waals surface area contributed by atoms with Crippen LogP contribution < -0.4 is 0 Å². The van der Waals surface area contributed by atoms with Crippen LogP contribution in [0.2, 0.25) is 10.0 Å². The average Bonchev–Trinajstić information content (AvgIpc) is 2.99. The lowest BCUT2D eigenvalue weighted by Gasteiger charge is -2.38. The first-order chi connectivity index (χ1) is 10.1. The number of nitrogens with zero attached hydrogens (tertiary/aromatic N) is 1. The van der Waals surface area contributed by atoms with Gasteiger partial charge in [0.25, 0.3) is 5.91 Å². The molecule has 0 N–H and O–H groups in total. The van der Waals surface area contributed by atoms with Gasteiger partial charge in [0.2, 0.25) is 0 Å². The van der Waals surface area contributed by atoms with E-state index in [0.29, 0.717) is 35.4 Å². The minimum absolute atomic E-state index is 0.0356. The fourth-order valence-electron chi connectivity index (χ4n) is 2.93. The standard InChI is InChI=1S/C15H17Cl2NO3/c16-11-7-10(8-12(17)9-11)14(19)18-4-2-1-3-13(18)15-20-5-6-21-15/h7-9,13,15H,1-6H2. The van der Waals surface area contributed by atoms with Gasteiger partial charge in [0.1, 0.15) is 0 Å². The fraction of sp³-hybridized carbons (Fsp3) is 0.533. The van der Waals surface area contributed by atoms with Crippen LogP contribution in [0.3, 0.4) is 0 Å². The summed E-state index contributed by atoms with van der Waals surface area (Å²) >= 11 is 12.0. The molecule has 1 aromatic carbocycles. The minimum Gasteiger partial charge on any atom is -0.348 e. The van der Waals surface area contributed by atoms with E-state index in [1.165, 1.54) is 0 Å². The Hall–Kier alpha value is -0.810. The molecule has 1 aromatic rings. The van der Waals surface area contributed by atoms with Crippen molar-refractivity contribution in [1.29, 1.82) is 0 Å². The molecule has 0 aliphatic carbocycles. The summed E-state index contributed by atoms with van der Waals surface area (Å²) in [5.41, 5.74) is 0.511. The summed E-state index contributed by atoms with van der Waals surface area (Å²) in [5.74, 6) is -0.0665. The van der Waals surface area contributed by atoms with Gasteiger partial charge in [-0.3, -0.25) is 4.79 Å². The zero-order valence-electron chi connectivity index (χ0n) is 11.6. The van der Waals surface area contributed by atoms with Gasteiger partial charge in [-0.1, -0.05) is 23.2 Å². The van der Waals surface area contributed by atoms with Crippen molar-refractivity contribution in [1.82, 2.24) is 4.90 Å². The summed E-state index contributed by atoms with van der Waals surface area (Å²) < 4.78 is 11.2. The third-order valence-corrected chi connectivity index (χ3v) is 4.32. The van der Waals surface area contributed by atoms with E-state index in [2.05, 4.69) is 0 Å². The second-order valence-electron chi connectivity index (χ2n) is 5.33. The Labute approximate surface area is 133 Å². The predicted molar refractivity (Wildman–Crippen MR) is 80.8 cm³/mol. The highest BCUT2D eigenvalue weighted by Crippen LogP contribution is 2.27. The summed E-state index contributed by atoms with van der Waals surface area (Å²) in [7, 11) is 0. The minimum atomic E-state index is -0.316. The Morgan fingerprint density at radius 2 is 1.76 bits per heavy atom. The third-order valence-electron chi connectivity index (χ3n) is 3.88. The molecule has 0 spiro atoms. The number of rotatable bonds is 2. The van der Waals surface area contributed by atoms with Crippen LogP contribution in [0.5, 0.6) is 0 Å². The maximum atomic E-state index is 12.8. The molecule has 1 atom stereocenters. The number of benzene rings is 1. The molecule has 3 rings (SSSR count). The molecule has 0 saturated carbocycles. The summed E-state index contributed by atoms with van der Waals surface area (Å²) in [5, 5.41) is 0.931. The zero-order chi connectivity index (χ0) is 14.8. The summed E-state index contributed by atoms with van der Waals surface area (Å²) in [6.07, 6.45) is 2.64. The smallest absolute Gasteiger partial charge is 0.254 e. The molecule has 0 radical (unpaired) electrons. The number of piperidine rings is 1. The quantitative estimate of drug-likeness (QED) is 0.835. The van der Waals surface area contributed by atoms with Gasteiger partial charge in [-0.15, -0.1) is 0 Å². The highest BCUT2D eigenvalue weighted by molar-refractivity contribution is 6.35. The van der Waals surface area contributed by atoms with Crippen LogP contribution >= 0.6 is 23.2 Å². The van der Waals surface area contributed by atoms with Crippen molar-refractivity contribution >= 4 is 29.1 Å². The molecule has 0 bridgehead atoms. The molecule has 2 heterocycles. The number of halogens is 2. The number of carbonyl (C=O) groups is 1. The first-order valence-corrected chi connectivity index (χ1v) is 7.91. The fourth-order valence-corrected chi connectivity index (χ4v) is 3.46. The second kappa shape index (κ2) is 6.53. The van der Waals surface area contributed by atoms with Crippen LogP contribution in [0.25, 0.3) is 0 Å². The predicted octanol–water partition coefficient (Wildman–Crippen LogP) is 3.36.